The molecule has 1 atom stereocenters. The van der Waals surface area contributed by atoms with E-state index in [1.54, 1.807) is 7.11 Å². The number of benzene rings is 2. The normalized spacial score (nSPS) is 13.1. The Labute approximate surface area is 149 Å². The number of aryl methyl sites for hydroxylation is 1. The summed E-state index contributed by atoms with van der Waals surface area (Å²) in [7, 11) is 1.66. The number of nitrogens with two attached hydrogens (primary N) is 1. The molecule has 0 fully saturated rings. The number of methoxy groups -OCH3 is 1. The van der Waals surface area contributed by atoms with E-state index in [0.717, 1.165) is 30.8 Å². The van der Waals surface area contributed by atoms with Gasteiger partial charge in [-0.15, -0.1) is 0 Å². The molecule has 2 aromatic carbocycles. The molecule has 0 saturated carbocycles. The molecule has 0 bridgehead atoms. The highest BCUT2D eigenvalue weighted by atomic mass is 16.5. The molecule has 0 saturated heterocycles. The van der Waals surface area contributed by atoms with Crippen LogP contribution in [0.2, 0.25) is 0 Å². The van der Waals surface area contributed by atoms with Crippen molar-refractivity contribution in [1.29, 1.82) is 0 Å². The molecule has 0 amide bonds. The Morgan fingerprint density at radius 3 is 2.08 bits per heavy atom. The minimum atomic E-state index is -0.546. The van der Waals surface area contributed by atoms with E-state index >= 15 is 0 Å². The van der Waals surface area contributed by atoms with Crippen LogP contribution in [0.4, 0.5) is 0 Å². The monoisotopic (exact) mass is 342 g/mol. The topological polar surface area (TPSA) is 73.9 Å². The zero-order valence-corrected chi connectivity index (χ0v) is 14.9. The molecular weight excluding hydrogens is 316 g/mol. The van der Waals surface area contributed by atoms with Crippen molar-refractivity contribution < 1.29 is 9.47 Å². The van der Waals surface area contributed by atoms with Gasteiger partial charge in [0.2, 0.25) is 0 Å². The molecule has 0 unspecified atom stereocenters. The number of hydrogen-bond acceptors (Lipinski definition) is 5. The first-order valence-electron chi connectivity index (χ1n) is 8.45. The lowest BCUT2D eigenvalue weighted by Gasteiger charge is -2.20. The summed E-state index contributed by atoms with van der Waals surface area (Å²) in [6.45, 7) is 2.61. The van der Waals surface area contributed by atoms with Crippen molar-refractivity contribution in [3.63, 3.8) is 0 Å². The third kappa shape index (κ3) is 6.55. The van der Waals surface area contributed by atoms with Gasteiger partial charge in [-0.25, -0.2) is 0 Å². The molecule has 0 aromatic heterocycles. The summed E-state index contributed by atoms with van der Waals surface area (Å²) >= 11 is 0. The maximum atomic E-state index is 10.4. The molecule has 134 valence electrons. The SMILES string of the molecule is COc1ccc(CCOc2ccc(CC[C@@](C)(N)CN=O)cc2)cc1. The van der Waals surface area contributed by atoms with Crippen molar-refractivity contribution in [2.24, 2.45) is 10.9 Å². The first kappa shape index (κ1) is 18.9. The van der Waals surface area contributed by atoms with E-state index in [2.05, 4.69) is 5.18 Å². The average Bonchev–Trinajstić information content (AvgIpc) is 2.62. The number of nitroso groups, excluding NO2 is 1. The fraction of sp³-hybridized carbons (Fsp3) is 0.400. The Balaban J connectivity index is 1.76. The summed E-state index contributed by atoms with van der Waals surface area (Å²) in [5.74, 6) is 1.71. The molecule has 25 heavy (non-hydrogen) atoms. The predicted octanol–water partition coefficient (Wildman–Crippen LogP) is 3.73. The van der Waals surface area contributed by atoms with Crippen molar-refractivity contribution in [3.05, 3.63) is 64.6 Å². The number of hydrogen-bond donors (Lipinski definition) is 1. The average molecular weight is 342 g/mol. The van der Waals surface area contributed by atoms with Gasteiger partial charge in [0, 0.05) is 12.0 Å². The van der Waals surface area contributed by atoms with Crippen molar-refractivity contribution >= 4 is 0 Å². The van der Waals surface area contributed by atoms with E-state index < -0.39 is 5.54 Å². The van der Waals surface area contributed by atoms with E-state index in [9.17, 15) is 4.91 Å². The van der Waals surface area contributed by atoms with Gasteiger partial charge in [0.15, 0.2) is 0 Å². The van der Waals surface area contributed by atoms with Crippen LogP contribution >= 0.6 is 0 Å². The molecule has 2 N–H and O–H groups in total. The highest BCUT2D eigenvalue weighted by Crippen LogP contribution is 2.17. The van der Waals surface area contributed by atoms with Gasteiger partial charge >= 0.3 is 0 Å². The van der Waals surface area contributed by atoms with Crippen LogP contribution in [0.5, 0.6) is 11.5 Å². The van der Waals surface area contributed by atoms with Gasteiger partial charge in [0.25, 0.3) is 0 Å². The zero-order chi connectivity index (χ0) is 18.1. The third-order valence-electron chi connectivity index (χ3n) is 4.15. The van der Waals surface area contributed by atoms with E-state index in [-0.39, 0.29) is 6.54 Å². The fourth-order valence-corrected chi connectivity index (χ4v) is 2.49. The minimum absolute atomic E-state index is 0.138. The summed E-state index contributed by atoms with van der Waals surface area (Å²) in [6, 6.07) is 16.0. The second-order valence-corrected chi connectivity index (χ2v) is 6.53. The molecule has 0 aliphatic rings. The van der Waals surface area contributed by atoms with Crippen molar-refractivity contribution in [2.75, 3.05) is 20.3 Å². The largest absolute Gasteiger partial charge is 0.497 e. The van der Waals surface area contributed by atoms with Gasteiger partial charge in [-0.1, -0.05) is 29.4 Å². The smallest absolute Gasteiger partial charge is 0.119 e. The Hall–Kier alpha value is -2.40. The molecule has 0 heterocycles. The van der Waals surface area contributed by atoms with Crippen molar-refractivity contribution in [1.82, 2.24) is 0 Å². The standard InChI is InChI=1S/C20H26N2O3/c1-20(21,15-22-23)13-11-16-5-9-19(10-6-16)25-14-12-17-3-7-18(24-2)8-4-17/h3-10H,11-15,21H2,1-2H3/t20-/m1/s1. The second-order valence-electron chi connectivity index (χ2n) is 6.53. The van der Waals surface area contributed by atoms with Crippen LogP contribution in [0.15, 0.2) is 53.7 Å². The molecule has 0 radical (unpaired) electrons. The van der Waals surface area contributed by atoms with E-state index in [1.807, 2.05) is 55.5 Å². The first-order chi connectivity index (χ1) is 12.0. The van der Waals surface area contributed by atoms with Crippen molar-refractivity contribution in [3.8, 4) is 11.5 Å². The first-order valence-corrected chi connectivity index (χ1v) is 8.45. The fourth-order valence-electron chi connectivity index (χ4n) is 2.49. The van der Waals surface area contributed by atoms with Crippen LogP contribution in [-0.4, -0.2) is 25.8 Å². The summed E-state index contributed by atoms with van der Waals surface area (Å²) in [6.07, 6.45) is 2.38. The number of ether oxygens (including phenoxy) is 2. The highest BCUT2D eigenvalue weighted by Gasteiger charge is 2.18. The van der Waals surface area contributed by atoms with Gasteiger partial charge in [-0.05, 0) is 55.2 Å². The molecule has 5 nitrogen and oxygen atoms in total. The van der Waals surface area contributed by atoms with Gasteiger partial charge in [-0.2, -0.15) is 4.91 Å². The van der Waals surface area contributed by atoms with Crippen LogP contribution in [0, 0.1) is 4.91 Å². The Kier molecular flexibility index (Phi) is 6.95. The quantitative estimate of drug-likeness (QED) is 0.668. The molecule has 2 aromatic rings. The van der Waals surface area contributed by atoms with Crippen molar-refractivity contribution in [2.45, 2.75) is 31.7 Å². The van der Waals surface area contributed by atoms with Crippen LogP contribution in [0.3, 0.4) is 0 Å². The lowest BCUT2D eigenvalue weighted by Crippen LogP contribution is -2.39. The van der Waals surface area contributed by atoms with E-state index in [0.29, 0.717) is 6.61 Å². The third-order valence-corrected chi connectivity index (χ3v) is 4.15. The summed E-state index contributed by atoms with van der Waals surface area (Å²) in [5.41, 5.74) is 7.85. The van der Waals surface area contributed by atoms with Crippen LogP contribution in [0.1, 0.15) is 24.5 Å². The Bertz CT molecular complexity index is 652. The summed E-state index contributed by atoms with van der Waals surface area (Å²) < 4.78 is 10.9. The Morgan fingerprint density at radius 1 is 0.960 bits per heavy atom. The second kappa shape index (κ2) is 9.18. The molecule has 0 spiro atoms. The number of nitrogens with zero attached hydrogens (tertiary/aromatic N) is 1. The molecule has 2 rings (SSSR count). The highest BCUT2D eigenvalue weighted by molar-refractivity contribution is 5.29. The molecule has 5 heteroatoms. The van der Waals surface area contributed by atoms with E-state index in [4.69, 9.17) is 15.2 Å². The van der Waals surface area contributed by atoms with E-state index in [1.165, 1.54) is 11.1 Å². The molecule has 0 aliphatic heterocycles. The molecule has 0 aliphatic carbocycles. The minimum Gasteiger partial charge on any atom is -0.497 e. The van der Waals surface area contributed by atoms with Gasteiger partial charge in [-0.3, -0.25) is 0 Å². The van der Waals surface area contributed by atoms with Crippen LogP contribution < -0.4 is 15.2 Å². The zero-order valence-electron chi connectivity index (χ0n) is 14.9. The summed E-state index contributed by atoms with van der Waals surface area (Å²) in [4.78, 5) is 10.4. The predicted molar refractivity (Wildman–Crippen MR) is 100 cm³/mol. The van der Waals surface area contributed by atoms with Crippen LogP contribution in [-0.2, 0) is 12.8 Å². The lowest BCUT2D eigenvalue weighted by molar-refractivity contribution is 0.321. The lowest BCUT2D eigenvalue weighted by atomic mass is 9.94. The van der Waals surface area contributed by atoms with Crippen LogP contribution in [0.25, 0.3) is 0 Å². The van der Waals surface area contributed by atoms with Gasteiger partial charge in [0.1, 0.15) is 11.5 Å². The maximum absolute atomic E-state index is 10.4. The summed E-state index contributed by atoms with van der Waals surface area (Å²) in [5, 5.41) is 2.90. The van der Waals surface area contributed by atoms with Gasteiger partial charge in [0.05, 0.1) is 20.3 Å². The maximum Gasteiger partial charge on any atom is 0.119 e. The molecular formula is C20H26N2O3. The van der Waals surface area contributed by atoms with Gasteiger partial charge < -0.3 is 15.2 Å². The Morgan fingerprint density at radius 2 is 1.52 bits per heavy atom. The number of rotatable bonds is 10.